The van der Waals surface area contributed by atoms with Gasteiger partial charge in [-0.25, -0.2) is 9.59 Å². The Kier molecular flexibility index (Phi) is 2.15. The lowest BCUT2D eigenvalue weighted by Gasteiger charge is -2.07. The molecule has 1 aliphatic heterocycles. The monoisotopic (exact) mass is 271 g/mol. The number of nitrogen functional groups attached to an aromatic ring is 1. The standard InChI is InChI=1S/C9H6BrNO4/c10-6-4(11)2-1-3-5(6)7(8(12)13)15-9(3)14/h1-2,7H,11H2,(H,12,13). The molecule has 2 rings (SSSR count). The van der Waals surface area contributed by atoms with Gasteiger partial charge in [0.2, 0.25) is 6.10 Å². The van der Waals surface area contributed by atoms with Crippen LogP contribution in [0.3, 0.4) is 0 Å². The number of rotatable bonds is 1. The van der Waals surface area contributed by atoms with Crippen LogP contribution in [0, 0.1) is 0 Å². The Bertz CT molecular complexity index is 471. The molecule has 0 amide bonds. The normalized spacial score (nSPS) is 18.5. The molecule has 3 N–H and O–H groups in total. The van der Waals surface area contributed by atoms with Gasteiger partial charge in [-0.05, 0) is 28.1 Å². The zero-order valence-electron chi connectivity index (χ0n) is 7.36. The van der Waals surface area contributed by atoms with Crippen LogP contribution in [0.25, 0.3) is 0 Å². The van der Waals surface area contributed by atoms with E-state index >= 15 is 0 Å². The van der Waals surface area contributed by atoms with Crippen molar-refractivity contribution < 1.29 is 19.4 Å². The summed E-state index contributed by atoms with van der Waals surface area (Å²) in [5, 5.41) is 8.85. The molecular formula is C9H6BrNO4. The van der Waals surface area contributed by atoms with Crippen molar-refractivity contribution in [2.45, 2.75) is 6.10 Å². The fourth-order valence-electron chi connectivity index (χ4n) is 1.45. The Hall–Kier alpha value is -1.56. The number of carbonyl (C=O) groups is 2. The summed E-state index contributed by atoms with van der Waals surface area (Å²) in [4.78, 5) is 22.1. The Labute approximate surface area is 93.0 Å². The number of carboxylic acids is 1. The van der Waals surface area contributed by atoms with Gasteiger partial charge in [0.25, 0.3) is 0 Å². The van der Waals surface area contributed by atoms with Crippen LogP contribution in [0.15, 0.2) is 16.6 Å². The van der Waals surface area contributed by atoms with Gasteiger partial charge in [0.1, 0.15) is 0 Å². The quantitative estimate of drug-likeness (QED) is 0.594. The van der Waals surface area contributed by atoms with Gasteiger partial charge in [0, 0.05) is 15.7 Å². The summed E-state index contributed by atoms with van der Waals surface area (Å²) in [7, 11) is 0. The smallest absolute Gasteiger partial charge is 0.349 e. The zero-order chi connectivity index (χ0) is 11.2. The minimum atomic E-state index is -1.27. The number of anilines is 1. The van der Waals surface area contributed by atoms with E-state index in [1.807, 2.05) is 0 Å². The number of carboxylic acid groups (broad SMARTS) is 1. The minimum Gasteiger partial charge on any atom is -0.478 e. The van der Waals surface area contributed by atoms with E-state index in [1.165, 1.54) is 12.1 Å². The lowest BCUT2D eigenvalue weighted by molar-refractivity contribution is -0.146. The highest BCUT2D eigenvalue weighted by molar-refractivity contribution is 9.10. The SMILES string of the molecule is Nc1ccc2c(c1Br)C(C(=O)O)OC2=O. The van der Waals surface area contributed by atoms with Gasteiger partial charge in [-0.3, -0.25) is 0 Å². The van der Waals surface area contributed by atoms with E-state index in [-0.39, 0.29) is 11.1 Å². The van der Waals surface area contributed by atoms with Crippen LogP contribution in [0.2, 0.25) is 0 Å². The van der Waals surface area contributed by atoms with Gasteiger partial charge in [-0.1, -0.05) is 0 Å². The number of carbonyl (C=O) groups excluding carboxylic acids is 1. The first-order valence-electron chi connectivity index (χ1n) is 4.04. The molecule has 0 bridgehead atoms. The number of aliphatic carboxylic acids is 1. The summed E-state index contributed by atoms with van der Waals surface area (Å²) in [6.07, 6.45) is -1.27. The van der Waals surface area contributed by atoms with Crippen molar-refractivity contribution >= 4 is 33.6 Å². The highest BCUT2D eigenvalue weighted by Gasteiger charge is 2.38. The number of halogens is 1. The van der Waals surface area contributed by atoms with Gasteiger partial charge in [-0.15, -0.1) is 0 Å². The van der Waals surface area contributed by atoms with Crippen LogP contribution in [0.1, 0.15) is 22.0 Å². The van der Waals surface area contributed by atoms with Crippen LogP contribution >= 0.6 is 15.9 Å². The Morgan fingerprint density at radius 1 is 1.53 bits per heavy atom. The Morgan fingerprint density at radius 3 is 2.80 bits per heavy atom. The number of esters is 1. The molecule has 6 heteroatoms. The highest BCUT2D eigenvalue weighted by Crippen LogP contribution is 2.39. The lowest BCUT2D eigenvalue weighted by atomic mass is 10.0. The van der Waals surface area contributed by atoms with Crippen molar-refractivity contribution in [3.05, 3.63) is 27.7 Å². The van der Waals surface area contributed by atoms with Crippen LogP contribution in [-0.2, 0) is 9.53 Å². The Balaban J connectivity index is 2.67. The third kappa shape index (κ3) is 1.37. The van der Waals surface area contributed by atoms with Gasteiger partial charge in [0.05, 0.1) is 5.56 Å². The predicted octanol–water partition coefficient (Wildman–Crippen LogP) is 1.33. The number of hydrogen-bond donors (Lipinski definition) is 2. The number of nitrogens with two attached hydrogens (primary N) is 1. The van der Waals surface area contributed by atoms with E-state index in [9.17, 15) is 9.59 Å². The molecule has 1 aliphatic rings. The first kappa shape index (κ1) is 9.97. The minimum absolute atomic E-state index is 0.239. The van der Waals surface area contributed by atoms with E-state index in [0.717, 1.165) is 0 Å². The van der Waals surface area contributed by atoms with Crippen LogP contribution in [0.5, 0.6) is 0 Å². The van der Waals surface area contributed by atoms with E-state index in [4.69, 9.17) is 15.6 Å². The fraction of sp³-hybridized carbons (Fsp3) is 0.111. The lowest BCUT2D eigenvalue weighted by Crippen LogP contribution is -2.11. The Morgan fingerprint density at radius 2 is 2.20 bits per heavy atom. The molecule has 0 radical (unpaired) electrons. The van der Waals surface area contributed by atoms with Crippen LogP contribution in [0.4, 0.5) is 5.69 Å². The predicted molar refractivity (Wildman–Crippen MR) is 54.3 cm³/mol. The first-order chi connectivity index (χ1) is 7.02. The fourth-order valence-corrected chi connectivity index (χ4v) is 2.00. The van der Waals surface area contributed by atoms with Gasteiger partial charge < -0.3 is 15.6 Å². The van der Waals surface area contributed by atoms with E-state index in [0.29, 0.717) is 10.2 Å². The molecular weight excluding hydrogens is 266 g/mol. The number of hydrogen-bond acceptors (Lipinski definition) is 4. The van der Waals surface area contributed by atoms with Crippen molar-refractivity contribution in [2.75, 3.05) is 5.73 Å². The molecule has 1 aromatic rings. The summed E-state index contributed by atoms with van der Waals surface area (Å²) in [5.41, 5.74) is 6.49. The second-order valence-corrected chi connectivity index (χ2v) is 3.85. The molecule has 1 atom stereocenters. The van der Waals surface area contributed by atoms with E-state index in [1.54, 1.807) is 0 Å². The molecule has 0 aliphatic carbocycles. The molecule has 1 heterocycles. The number of ether oxygens (including phenoxy) is 1. The molecule has 0 fully saturated rings. The maximum absolute atomic E-state index is 11.3. The zero-order valence-corrected chi connectivity index (χ0v) is 8.95. The van der Waals surface area contributed by atoms with Crippen molar-refractivity contribution in [3.8, 4) is 0 Å². The molecule has 0 spiro atoms. The maximum atomic E-state index is 11.3. The number of fused-ring (bicyclic) bond motifs is 1. The topological polar surface area (TPSA) is 89.6 Å². The first-order valence-corrected chi connectivity index (χ1v) is 4.83. The molecule has 1 aromatic carbocycles. The summed E-state index contributed by atoms with van der Waals surface area (Å²) in [6.45, 7) is 0. The van der Waals surface area contributed by atoms with Gasteiger partial charge >= 0.3 is 11.9 Å². The van der Waals surface area contributed by atoms with Gasteiger partial charge in [-0.2, -0.15) is 0 Å². The third-order valence-electron chi connectivity index (χ3n) is 2.14. The average Bonchev–Trinajstić information content (AvgIpc) is 2.50. The summed E-state index contributed by atoms with van der Waals surface area (Å²) in [6, 6.07) is 2.98. The van der Waals surface area contributed by atoms with E-state index in [2.05, 4.69) is 15.9 Å². The third-order valence-corrected chi connectivity index (χ3v) is 3.03. The van der Waals surface area contributed by atoms with Crippen molar-refractivity contribution in [2.24, 2.45) is 0 Å². The largest absolute Gasteiger partial charge is 0.478 e. The molecule has 0 aromatic heterocycles. The van der Waals surface area contributed by atoms with Crippen molar-refractivity contribution in [1.82, 2.24) is 0 Å². The van der Waals surface area contributed by atoms with Crippen LogP contribution < -0.4 is 5.73 Å². The summed E-state index contributed by atoms with van der Waals surface area (Å²) >= 11 is 3.15. The second kappa shape index (κ2) is 3.23. The van der Waals surface area contributed by atoms with Crippen LogP contribution in [-0.4, -0.2) is 17.0 Å². The van der Waals surface area contributed by atoms with Crippen molar-refractivity contribution in [3.63, 3.8) is 0 Å². The van der Waals surface area contributed by atoms with E-state index < -0.39 is 18.0 Å². The molecule has 0 saturated carbocycles. The number of cyclic esters (lactones) is 1. The molecule has 0 saturated heterocycles. The van der Waals surface area contributed by atoms with Crippen molar-refractivity contribution in [1.29, 1.82) is 0 Å². The molecule has 5 nitrogen and oxygen atoms in total. The highest BCUT2D eigenvalue weighted by atomic mass is 79.9. The van der Waals surface area contributed by atoms with Gasteiger partial charge in [0.15, 0.2) is 0 Å². The second-order valence-electron chi connectivity index (χ2n) is 3.05. The number of benzene rings is 1. The molecule has 78 valence electrons. The average molecular weight is 272 g/mol. The summed E-state index contributed by atoms with van der Waals surface area (Å²) in [5.74, 6) is -1.86. The summed E-state index contributed by atoms with van der Waals surface area (Å²) < 4.78 is 5.11. The molecule has 1 unspecified atom stereocenters. The maximum Gasteiger partial charge on any atom is 0.349 e. The molecule has 15 heavy (non-hydrogen) atoms.